The number of hydrogen-bond donors (Lipinski definition) is 1. The van der Waals surface area contributed by atoms with Crippen LogP contribution in [0.1, 0.15) is 12.5 Å². The number of halogens is 1. The second-order valence-corrected chi connectivity index (χ2v) is 7.25. The molecule has 122 valence electrons. The fraction of sp³-hybridized carbons (Fsp3) is 0.158. The van der Waals surface area contributed by atoms with Crippen LogP contribution in [0.2, 0.25) is 0 Å². The van der Waals surface area contributed by atoms with Gasteiger partial charge in [-0.25, -0.2) is 4.98 Å². The van der Waals surface area contributed by atoms with Gasteiger partial charge in [-0.2, -0.15) is 0 Å². The van der Waals surface area contributed by atoms with E-state index >= 15 is 0 Å². The van der Waals surface area contributed by atoms with Crippen molar-refractivity contribution in [2.24, 2.45) is 0 Å². The second kappa shape index (κ2) is 7.73. The van der Waals surface area contributed by atoms with Gasteiger partial charge in [-0.05, 0) is 24.1 Å². The molecule has 1 heterocycles. The van der Waals surface area contributed by atoms with Gasteiger partial charge in [0.1, 0.15) is 5.01 Å². The highest BCUT2D eigenvalue weighted by atomic mass is 79.9. The van der Waals surface area contributed by atoms with Crippen molar-refractivity contribution in [3.8, 4) is 21.8 Å². The summed E-state index contributed by atoms with van der Waals surface area (Å²) in [5.41, 5.74) is 4.42. The first-order valence-corrected chi connectivity index (χ1v) is 9.34. The highest BCUT2D eigenvalue weighted by Gasteiger charge is 2.07. The highest BCUT2D eigenvalue weighted by molar-refractivity contribution is 9.10. The summed E-state index contributed by atoms with van der Waals surface area (Å²) in [5, 5.41) is 5.91. The Balaban J connectivity index is 1.72. The van der Waals surface area contributed by atoms with E-state index in [1.165, 1.54) is 12.5 Å². The van der Waals surface area contributed by atoms with Gasteiger partial charge in [0.2, 0.25) is 5.91 Å². The van der Waals surface area contributed by atoms with Crippen molar-refractivity contribution in [2.45, 2.75) is 13.3 Å². The van der Waals surface area contributed by atoms with Crippen LogP contribution in [0.4, 0.5) is 0 Å². The van der Waals surface area contributed by atoms with E-state index in [1.807, 2.05) is 12.1 Å². The minimum absolute atomic E-state index is 0.00849. The summed E-state index contributed by atoms with van der Waals surface area (Å²) in [6.07, 6.45) is 0.834. The lowest BCUT2D eigenvalue weighted by Gasteiger charge is -2.04. The predicted octanol–water partition coefficient (Wildman–Crippen LogP) is 4.92. The van der Waals surface area contributed by atoms with Crippen LogP contribution in [-0.4, -0.2) is 17.4 Å². The summed E-state index contributed by atoms with van der Waals surface area (Å²) >= 11 is 5.15. The summed E-state index contributed by atoms with van der Waals surface area (Å²) in [7, 11) is 0. The van der Waals surface area contributed by atoms with Crippen LogP contribution in [0.15, 0.2) is 58.4 Å². The third kappa shape index (κ3) is 4.30. The molecule has 0 bridgehead atoms. The fourth-order valence-corrected chi connectivity index (χ4v) is 3.61. The topological polar surface area (TPSA) is 42.0 Å². The lowest BCUT2D eigenvalue weighted by Crippen LogP contribution is -2.22. The Hall–Kier alpha value is -1.98. The van der Waals surface area contributed by atoms with Gasteiger partial charge < -0.3 is 5.32 Å². The van der Waals surface area contributed by atoms with E-state index in [1.54, 1.807) is 11.3 Å². The van der Waals surface area contributed by atoms with E-state index in [0.29, 0.717) is 6.54 Å². The van der Waals surface area contributed by atoms with Gasteiger partial charge in [0.25, 0.3) is 0 Å². The Morgan fingerprint density at radius 2 is 1.96 bits per heavy atom. The zero-order chi connectivity index (χ0) is 16.9. The molecule has 0 unspecified atom stereocenters. The SMILES string of the molecule is CC(=O)NCCc1ccc(-c2csc(-c3cccc(Br)c3)n2)cc1. The molecular weight excluding hydrogens is 384 g/mol. The van der Waals surface area contributed by atoms with E-state index in [9.17, 15) is 4.79 Å². The van der Waals surface area contributed by atoms with Gasteiger partial charge in [0, 0.05) is 34.4 Å². The van der Waals surface area contributed by atoms with E-state index in [2.05, 4.69) is 63.0 Å². The van der Waals surface area contributed by atoms with Crippen molar-refractivity contribution in [2.75, 3.05) is 6.54 Å². The molecule has 0 radical (unpaired) electrons. The molecule has 0 saturated carbocycles. The zero-order valence-electron chi connectivity index (χ0n) is 13.3. The molecule has 2 aromatic carbocycles. The molecule has 0 fully saturated rings. The van der Waals surface area contributed by atoms with Crippen LogP contribution in [0, 0.1) is 0 Å². The third-order valence-corrected chi connectivity index (χ3v) is 5.00. The molecule has 1 amide bonds. The average molecular weight is 401 g/mol. The largest absolute Gasteiger partial charge is 0.356 e. The zero-order valence-corrected chi connectivity index (χ0v) is 15.7. The Kier molecular flexibility index (Phi) is 5.43. The summed E-state index contributed by atoms with van der Waals surface area (Å²) < 4.78 is 1.06. The van der Waals surface area contributed by atoms with Crippen molar-refractivity contribution in [1.29, 1.82) is 0 Å². The minimum Gasteiger partial charge on any atom is -0.356 e. The van der Waals surface area contributed by atoms with E-state index in [4.69, 9.17) is 4.98 Å². The summed E-state index contributed by atoms with van der Waals surface area (Å²) in [5.74, 6) is 0.00849. The Labute approximate surface area is 153 Å². The van der Waals surface area contributed by atoms with Crippen molar-refractivity contribution in [1.82, 2.24) is 10.3 Å². The summed E-state index contributed by atoms with van der Waals surface area (Å²) in [6, 6.07) is 16.5. The molecule has 0 aliphatic rings. The molecule has 0 aliphatic carbocycles. The Morgan fingerprint density at radius 3 is 2.67 bits per heavy atom. The van der Waals surface area contributed by atoms with Gasteiger partial charge in [0.05, 0.1) is 5.69 Å². The molecule has 24 heavy (non-hydrogen) atoms. The number of thiazole rings is 1. The molecule has 0 aliphatic heterocycles. The first-order chi connectivity index (χ1) is 11.6. The van der Waals surface area contributed by atoms with Gasteiger partial charge in [-0.3, -0.25) is 4.79 Å². The quantitative estimate of drug-likeness (QED) is 0.660. The third-order valence-electron chi connectivity index (χ3n) is 3.61. The maximum absolute atomic E-state index is 10.9. The number of aromatic nitrogens is 1. The van der Waals surface area contributed by atoms with Gasteiger partial charge >= 0.3 is 0 Å². The molecule has 0 atom stereocenters. The number of rotatable bonds is 5. The minimum atomic E-state index is 0.00849. The van der Waals surface area contributed by atoms with Gasteiger partial charge in [0.15, 0.2) is 0 Å². The highest BCUT2D eigenvalue weighted by Crippen LogP contribution is 2.30. The number of benzene rings is 2. The summed E-state index contributed by atoms with van der Waals surface area (Å²) in [4.78, 5) is 15.6. The molecule has 0 spiro atoms. The first-order valence-electron chi connectivity index (χ1n) is 7.67. The number of nitrogens with zero attached hydrogens (tertiary/aromatic N) is 1. The van der Waals surface area contributed by atoms with Crippen molar-refractivity contribution in [3.05, 3.63) is 63.9 Å². The van der Waals surface area contributed by atoms with Crippen molar-refractivity contribution < 1.29 is 4.79 Å². The predicted molar refractivity (Wildman–Crippen MR) is 103 cm³/mol. The summed E-state index contributed by atoms with van der Waals surface area (Å²) in [6.45, 7) is 2.20. The number of carbonyl (C=O) groups excluding carboxylic acids is 1. The monoisotopic (exact) mass is 400 g/mol. The molecular formula is C19H17BrN2OS. The Morgan fingerprint density at radius 1 is 1.17 bits per heavy atom. The van der Waals surface area contributed by atoms with Crippen LogP contribution >= 0.6 is 27.3 Å². The molecule has 3 nitrogen and oxygen atoms in total. The maximum atomic E-state index is 10.9. The molecule has 3 aromatic rings. The lowest BCUT2D eigenvalue weighted by atomic mass is 10.1. The molecule has 5 heteroatoms. The van der Waals surface area contributed by atoms with Crippen LogP contribution in [-0.2, 0) is 11.2 Å². The molecule has 0 saturated heterocycles. The van der Waals surface area contributed by atoms with Crippen molar-refractivity contribution in [3.63, 3.8) is 0 Å². The number of carbonyl (C=O) groups is 1. The van der Waals surface area contributed by atoms with Crippen LogP contribution < -0.4 is 5.32 Å². The molecule has 3 rings (SSSR count). The van der Waals surface area contributed by atoms with Gasteiger partial charge in [-0.1, -0.05) is 52.3 Å². The first kappa shape index (κ1) is 16.9. The Bertz CT molecular complexity index is 843. The standard InChI is InChI=1S/C19H17BrN2OS/c1-13(23)21-10-9-14-5-7-15(8-6-14)18-12-24-19(22-18)16-3-2-4-17(20)11-16/h2-8,11-12H,9-10H2,1H3,(H,21,23). The second-order valence-electron chi connectivity index (χ2n) is 5.48. The fourth-order valence-electron chi connectivity index (χ4n) is 2.39. The average Bonchev–Trinajstić information content (AvgIpc) is 3.05. The van der Waals surface area contributed by atoms with Crippen LogP contribution in [0.25, 0.3) is 21.8 Å². The van der Waals surface area contributed by atoms with E-state index in [0.717, 1.165) is 32.7 Å². The van der Waals surface area contributed by atoms with E-state index in [-0.39, 0.29) is 5.91 Å². The maximum Gasteiger partial charge on any atom is 0.216 e. The number of amides is 1. The van der Waals surface area contributed by atoms with Crippen molar-refractivity contribution >= 4 is 33.2 Å². The number of nitrogens with one attached hydrogen (secondary N) is 1. The van der Waals surface area contributed by atoms with Crippen LogP contribution in [0.5, 0.6) is 0 Å². The molecule has 1 N–H and O–H groups in total. The normalized spacial score (nSPS) is 10.6. The lowest BCUT2D eigenvalue weighted by molar-refractivity contribution is -0.118. The smallest absolute Gasteiger partial charge is 0.216 e. The molecule has 1 aromatic heterocycles. The van der Waals surface area contributed by atoms with E-state index < -0.39 is 0 Å². The number of hydrogen-bond acceptors (Lipinski definition) is 3. The van der Waals surface area contributed by atoms with Gasteiger partial charge in [-0.15, -0.1) is 11.3 Å². The van der Waals surface area contributed by atoms with Crippen LogP contribution in [0.3, 0.4) is 0 Å².